The van der Waals surface area contributed by atoms with Gasteiger partial charge in [0.1, 0.15) is 23.7 Å². The Kier molecular flexibility index (Phi) is 6.93. The van der Waals surface area contributed by atoms with E-state index in [4.69, 9.17) is 4.42 Å². The van der Waals surface area contributed by atoms with Crippen LogP contribution in [0.3, 0.4) is 0 Å². The second kappa shape index (κ2) is 10.2. The number of nitrogens with one attached hydrogen (secondary N) is 1. The van der Waals surface area contributed by atoms with E-state index in [1.165, 1.54) is 11.1 Å². The summed E-state index contributed by atoms with van der Waals surface area (Å²) in [6, 6.07) is 13.5. The number of furan rings is 1. The first-order valence-corrected chi connectivity index (χ1v) is 13.4. The van der Waals surface area contributed by atoms with Crippen LogP contribution in [0.4, 0.5) is 0 Å². The molecule has 2 amide bonds. The fourth-order valence-electron chi connectivity index (χ4n) is 6.03. The van der Waals surface area contributed by atoms with E-state index in [0.717, 1.165) is 18.2 Å². The van der Waals surface area contributed by atoms with E-state index in [9.17, 15) is 14.4 Å². The first-order chi connectivity index (χ1) is 17.7. The highest BCUT2D eigenvalue weighted by Gasteiger charge is 2.49. The molecule has 1 N–H and O–H groups in total. The lowest BCUT2D eigenvalue weighted by Gasteiger charge is -2.45. The van der Waals surface area contributed by atoms with Crippen molar-refractivity contribution >= 4 is 28.6 Å². The molecule has 3 atom stereocenters. The van der Waals surface area contributed by atoms with E-state index in [1.54, 1.807) is 11.2 Å². The van der Waals surface area contributed by atoms with Crippen LogP contribution in [0.25, 0.3) is 11.0 Å². The molecule has 1 fully saturated rings. The van der Waals surface area contributed by atoms with Crippen molar-refractivity contribution in [2.75, 3.05) is 0 Å². The zero-order chi connectivity index (χ0) is 26.3. The quantitative estimate of drug-likeness (QED) is 0.458. The van der Waals surface area contributed by atoms with Crippen molar-refractivity contribution in [1.29, 1.82) is 0 Å². The van der Waals surface area contributed by atoms with Gasteiger partial charge >= 0.3 is 0 Å². The molecule has 2 heterocycles. The molecule has 1 aliphatic carbocycles. The van der Waals surface area contributed by atoms with Crippen LogP contribution in [0.5, 0.6) is 0 Å². The van der Waals surface area contributed by atoms with Crippen molar-refractivity contribution in [1.82, 2.24) is 10.2 Å². The van der Waals surface area contributed by atoms with Gasteiger partial charge in [0, 0.05) is 11.8 Å². The predicted molar refractivity (Wildman–Crippen MR) is 143 cm³/mol. The molecule has 37 heavy (non-hydrogen) atoms. The fourth-order valence-corrected chi connectivity index (χ4v) is 6.03. The molecule has 1 saturated heterocycles. The number of benzene rings is 2. The van der Waals surface area contributed by atoms with Crippen LogP contribution in [-0.2, 0) is 27.2 Å². The Morgan fingerprint density at radius 2 is 1.70 bits per heavy atom. The minimum Gasteiger partial charge on any atom is -0.464 e. The minimum absolute atomic E-state index is 0.0373. The molecule has 1 aromatic heterocycles. The smallest absolute Gasteiger partial charge is 0.247 e. The van der Waals surface area contributed by atoms with Gasteiger partial charge in [-0.3, -0.25) is 14.4 Å². The van der Waals surface area contributed by atoms with E-state index < -0.39 is 18.1 Å². The van der Waals surface area contributed by atoms with Crippen LogP contribution in [-0.4, -0.2) is 34.6 Å². The second-order valence-electron chi connectivity index (χ2n) is 11.5. The number of hydrogen-bond donors (Lipinski definition) is 1. The van der Waals surface area contributed by atoms with E-state index in [0.29, 0.717) is 24.0 Å². The molecular weight excluding hydrogens is 464 g/mol. The van der Waals surface area contributed by atoms with Gasteiger partial charge in [-0.25, -0.2) is 0 Å². The first kappa shape index (κ1) is 25.2. The van der Waals surface area contributed by atoms with Gasteiger partial charge in [0.2, 0.25) is 11.8 Å². The van der Waals surface area contributed by atoms with Crippen LogP contribution >= 0.6 is 0 Å². The van der Waals surface area contributed by atoms with Gasteiger partial charge in [0.05, 0.1) is 6.26 Å². The summed E-state index contributed by atoms with van der Waals surface area (Å²) in [6.07, 6.45) is 3.90. The van der Waals surface area contributed by atoms with Crippen molar-refractivity contribution in [3.63, 3.8) is 0 Å². The Morgan fingerprint density at radius 3 is 2.35 bits per heavy atom. The summed E-state index contributed by atoms with van der Waals surface area (Å²) in [5, 5.41) is 4.01. The number of hydrogen-bond acceptors (Lipinski definition) is 4. The largest absolute Gasteiger partial charge is 0.464 e. The number of rotatable bonds is 8. The third-order valence-corrected chi connectivity index (χ3v) is 7.69. The van der Waals surface area contributed by atoms with Crippen LogP contribution in [0.15, 0.2) is 59.2 Å². The van der Waals surface area contributed by atoms with Crippen LogP contribution in [0.2, 0.25) is 0 Å². The summed E-state index contributed by atoms with van der Waals surface area (Å²) in [7, 11) is 0. The molecular formula is C31H36N2O4. The normalized spacial score (nSPS) is 21.1. The average molecular weight is 501 g/mol. The molecule has 0 spiro atoms. The summed E-state index contributed by atoms with van der Waals surface area (Å²) in [5.74, 6) is -0.122. The molecule has 0 unspecified atom stereocenters. The summed E-state index contributed by atoms with van der Waals surface area (Å²) in [6.45, 7) is 8.07. The van der Waals surface area contributed by atoms with E-state index in [-0.39, 0.29) is 35.4 Å². The second-order valence-corrected chi connectivity index (χ2v) is 11.5. The third kappa shape index (κ3) is 4.94. The molecule has 6 heteroatoms. The Hall–Kier alpha value is -3.41. The lowest BCUT2D eigenvalue weighted by molar-refractivity contribution is -0.157. The van der Waals surface area contributed by atoms with Crippen molar-refractivity contribution in [2.24, 2.45) is 17.8 Å². The van der Waals surface area contributed by atoms with Crippen LogP contribution in [0, 0.1) is 17.8 Å². The van der Waals surface area contributed by atoms with Gasteiger partial charge in [-0.05, 0) is 65.8 Å². The van der Waals surface area contributed by atoms with Crippen molar-refractivity contribution < 1.29 is 18.8 Å². The molecule has 1 aliphatic heterocycles. The van der Waals surface area contributed by atoms with E-state index >= 15 is 0 Å². The molecule has 3 aromatic rings. The van der Waals surface area contributed by atoms with E-state index in [2.05, 4.69) is 17.4 Å². The average Bonchev–Trinajstić information content (AvgIpc) is 3.49. The van der Waals surface area contributed by atoms with Gasteiger partial charge in [0.15, 0.2) is 5.78 Å². The van der Waals surface area contributed by atoms with Gasteiger partial charge in [-0.1, -0.05) is 64.1 Å². The van der Waals surface area contributed by atoms with Gasteiger partial charge in [-0.15, -0.1) is 0 Å². The van der Waals surface area contributed by atoms with Crippen molar-refractivity contribution in [3.05, 3.63) is 71.5 Å². The van der Waals surface area contributed by atoms with Gasteiger partial charge in [0.25, 0.3) is 0 Å². The number of carbonyl (C=O) groups is 3. The molecule has 0 saturated carbocycles. The zero-order valence-electron chi connectivity index (χ0n) is 22.1. The Bertz CT molecular complexity index is 1300. The SMILES string of the molecule is CC(C)CC(=O)[C@@H](c1ccc2ccoc2c1)N1C(=O)[C@@H](C2Cc3ccccc3C2)NC(=O)[C@H]1CC(C)C. The van der Waals surface area contributed by atoms with Crippen molar-refractivity contribution in [2.45, 2.75) is 71.5 Å². The highest BCUT2D eigenvalue weighted by molar-refractivity contribution is 6.01. The number of Topliss-reactive ketones (excluding diaryl/α,β-unsaturated/α-hetero) is 1. The molecule has 2 aromatic carbocycles. The maximum absolute atomic E-state index is 14.4. The zero-order valence-corrected chi connectivity index (χ0v) is 22.1. The number of carbonyl (C=O) groups excluding carboxylic acids is 3. The molecule has 6 nitrogen and oxygen atoms in total. The number of amides is 2. The minimum atomic E-state index is -0.842. The van der Waals surface area contributed by atoms with Crippen LogP contribution < -0.4 is 5.32 Å². The highest BCUT2D eigenvalue weighted by atomic mass is 16.3. The molecule has 0 bridgehead atoms. The van der Waals surface area contributed by atoms with E-state index in [1.807, 2.05) is 64.1 Å². The standard InChI is InChI=1S/C31H36N2O4/c1-18(2)13-25-30(35)32-28(24-15-21-7-5-6-8-22(21)16-24)31(36)33(25)29(26(34)14-19(3)4)23-10-9-20-11-12-37-27(20)17-23/h5-12,17-19,24-25,28-29H,13-16H2,1-4H3,(H,32,35)/t25-,28-,29-/m1/s1. The number of piperazine rings is 1. The molecule has 194 valence electrons. The number of fused-ring (bicyclic) bond motifs is 2. The summed E-state index contributed by atoms with van der Waals surface area (Å²) >= 11 is 0. The lowest BCUT2D eigenvalue weighted by atomic mass is 9.86. The highest BCUT2D eigenvalue weighted by Crippen LogP contribution is 2.37. The van der Waals surface area contributed by atoms with Crippen LogP contribution in [0.1, 0.15) is 63.3 Å². The summed E-state index contributed by atoms with van der Waals surface area (Å²) in [4.78, 5) is 43.5. The number of ketones is 1. The predicted octanol–water partition coefficient (Wildman–Crippen LogP) is 5.25. The summed E-state index contributed by atoms with van der Waals surface area (Å²) < 4.78 is 5.64. The number of nitrogens with zero attached hydrogens (tertiary/aromatic N) is 1. The lowest BCUT2D eigenvalue weighted by Crippen LogP contribution is -2.66. The fraction of sp³-hybridized carbons (Fsp3) is 0.452. The van der Waals surface area contributed by atoms with Crippen molar-refractivity contribution in [3.8, 4) is 0 Å². The first-order valence-electron chi connectivity index (χ1n) is 13.4. The molecule has 0 radical (unpaired) electrons. The van der Waals surface area contributed by atoms with Gasteiger partial charge in [-0.2, -0.15) is 0 Å². The van der Waals surface area contributed by atoms with Gasteiger partial charge < -0.3 is 14.6 Å². The third-order valence-electron chi connectivity index (χ3n) is 7.69. The monoisotopic (exact) mass is 500 g/mol. The molecule has 5 rings (SSSR count). The Balaban J connectivity index is 1.57. The Labute approximate surface area is 218 Å². The topological polar surface area (TPSA) is 79.6 Å². The summed E-state index contributed by atoms with van der Waals surface area (Å²) in [5.41, 5.74) is 3.80. The maximum Gasteiger partial charge on any atom is 0.247 e. The maximum atomic E-state index is 14.4. The molecule has 2 aliphatic rings. The Morgan fingerprint density at radius 1 is 1.00 bits per heavy atom.